The molecule has 0 radical (unpaired) electrons. The van der Waals surface area contributed by atoms with Crippen LogP contribution in [0.3, 0.4) is 0 Å². The quantitative estimate of drug-likeness (QED) is 0.124. The fourth-order valence-electron chi connectivity index (χ4n) is 4.76. The highest BCUT2D eigenvalue weighted by atomic mass is 16.7. The average molecular weight is 428 g/mol. The Balaban J connectivity index is 4.19. The molecule has 0 aromatic heterocycles. The van der Waals surface area contributed by atoms with Gasteiger partial charge in [-0.1, -0.05) is 90.9 Å². The largest absolute Gasteiger partial charge is 0.350 e. The van der Waals surface area contributed by atoms with Crippen LogP contribution in [0.15, 0.2) is 0 Å². The Labute approximate surface area is 190 Å². The lowest BCUT2D eigenvalue weighted by atomic mass is 9.91. The number of hydrogen-bond donors (Lipinski definition) is 1. The summed E-state index contributed by atoms with van der Waals surface area (Å²) in [6.07, 6.45) is 23.3. The third kappa shape index (κ3) is 16.6. The Morgan fingerprint density at radius 2 is 1.07 bits per heavy atom. The number of nitrogens with two attached hydrogens (primary N) is 1. The van der Waals surface area contributed by atoms with Crippen LogP contribution in [0.2, 0.25) is 0 Å². The van der Waals surface area contributed by atoms with Crippen molar-refractivity contribution in [1.29, 1.82) is 0 Å². The van der Waals surface area contributed by atoms with Crippen LogP contribution in [0.1, 0.15) is 143 Å². The lowest BCUT2D eigenvalue weighted by Crippen LogP contribution is -2.36. The fourth-order valence-corrected chi connectivity index (χ4v) is 4.76. The van der Waals surface area contributed by atoms with Crippen molar-refractivity contribution in [2.24, 2.45) is 11.7 Å². The summed E-state index contributed by atoms with van der Waals surface area (Å²) in [6.45, 7) is 11.1. The third-order valence-electron chi connectivity index (χ3n) is 6.41. The van der Waals surface area contributed by atoms with E-state index in [2.05, 4.69) is 27.7 Å². The van der Waals surface area contributed by atoms with Gasteiger partial charge in [0.05, 0.1) is 0 Å². The molecule has 1 unspecified atom stereocenters. The van der Waals surface area contributed by atoms with Gasteiger partial charge >= 0.3 is 0 Å². The molecular formula is C27H57NO2. The molecule has 0 bridgehead atoms. The second kappa shape index (κ2) is 22.1. The van der Waals surface area contributed by atoms with Crippen molar-refractivity contribution in [3.05, 3.63) is 0 Å². The van der Waals surface area contributed by atoms with E-state index >= 15 is 0 Å². The maximum Gasteiger partial charge on any atom is 0.168 e. The molecule has 0 aromatic rings. The molecule has 0 amide bonds. The first-order valence-electron chi connectivity index (χ1n) is 13.7. The minimum Gasteiger partial charge on any atom is -0.350 e. The molecule has 3 nitrogen and oxygen atoms in total. The van der Waals surface area contributed by atoms with E-state index in [0.717, 1.165) is 38.5 Å². The van der Waals surface area contributed by atoms with E-state index in [9.17, 15) is 0 Å². The van der Waals surface area contributed by atoms with Crippen molar-refractivity contribution >= 4 is 0 Å². The molecule has 0 saturated heterocycles. The minimum absolute atomic E-state index is 0.335. The van der Waals surface area contributed by atoms with Crippen molar-refractivity contribution in [2.75, 3.05) is 19.8 Å². The number of unbranched alkanes of at least 4 members (excludes halogenated alkanes) is 9. The average Bonchev–Trinajstić information content (AvgIpc) is 2.74. The van der Waals surface area contributed by atoms with Crippen LogP contribution in [0.25, 0.3) is 0 Å². The normalized spacial score (nSPS) is 13.1. The third-order valence-corrected chi connectivity index (χ3v) is 6.41. The highest BCUT2D eigenvalue weighted by Crippen LogP contribution is 2.29. The molecule has 0 aliphatic carbocycles. The zero-order valence-corrected chi connectivity index (χ0v) is 21.3. The summed E-state index contributed by atoms with van der Waals surface area (Å²) in [7, 11) is 0. The maximum atomic E-state index is 6.20. The topological polar surface area (TPSA) is 44.5 Å². The van der Waals surface area contributed by atoms with Gasteiger partial charge in [-0.25, -0.2) is 0 Å². The summed E-state index contributed by atoms with van der Waals surface area (Å²) in [6, 6.07) is 0. The fraction of sp³-hybridized carbons (Fsp3) is 1.00. The first-order valence-corrected chi connectivity index (χ1v) is 13.7. The Hall–Kier alpha value is -0.120. The van der Waals surface area contributed by atoms with Crippen LogP contribution in [0.4, 0.5) is 0 Å². The van der Waals surface area contributed by atoms with Gasteiger partial charge in [0.2, 0.25) is 0 Å². The van der Waals surface area contributed by atoms with Gasteiger partial charge in [-0.3, -0.25) is 0 Å². The van der Waals surface area contributed by atoms with Crippen LogP contribution in [-0.2, 0) is 9.47 Å². The Morgan fingerprint density at radius 3 is 1.57 bits per heavy atom. The Kier molecular flexibility index (Phi) is 22.0. The predicted molar refractivity (Wildman–Crippen MR) is 133 cm³/mol. The van der Waals surface area contributed by atoms with E-state index in [1.165, 1.54) is 103 Å². The van der Waals surface area contributed by atoms with Gasteiger partial charge in [0.1, 0.15) is 0 Å². The van der Waals surface area contributed by atoms with Gasteiger partial charge in [-0.05, 0) is 52.0 Å². The molecule has 1 atom stereocenters. The Morgan fingerprint density at radius 1 is 0.567 bits per heavy atom. The highest BCUT2D eigenvalue weighted by molar-refractivity contribution is 4.71. The molecule has 182 valence electrons. The maximum absolute atomic E-state index is 6.20. The highest BCUT2D eigenvalue weighted by Gasteiger charge is 2.30. The van der Waals surface area contributed by atoms with Gasteiger partial charge in [-0.15, -0.1) is 0 Å². The molecule has 3 heteroatoms. The van der Waals surface area contributed by atoms with Gasteiger partial charge in [0.15, 0.2) is 5.79 Å². The van der Waals surface area contributed by atoms with E-state index < -0.39 is 0 Å². The molecule has 0 heterocycles. The van der Waals surface area contributed by atoms with Gasteiger partial charge in [0, 0.05) is 26.1 Å². The lowest BCUT2D eigenvalue weighted by Gasteiger charge is -2.33. The minimum atomic E-state index is -0.335. The van der Waals surface area contributed by atoms with Crippen molar-refractivity contribution in [3.8, 4) is 0 Å². The van der Waals surface area contributed by atoms with E-state index in [1.54, 1.807) is 0 Å². The van der Waals surface area contributed by atoms with Crippen LogP contribution in [0, 0.1) is 5.92 Å². The van der Waals surface area contributed by atoms with Crippen LogP contribution in [-0.4, -0.2) is 25.5 Å². The van der Waals surface area contributed by atoms with Crippen LogP contribution < -0.4 is 5.73 Å². The second-order valence-corrected chi connectivity index (χ2v) is 9.19. The molecule has 0 spiro atoms. The van der Waals surface area contributed by atoms with E-state index in [1.807, 2.05) is 0 Å². The summed E-state index contributed by atoms with van der Waals surface area (Å²) >= 11 is 0. The monoisotopic (exact) mass is 427 g/mol. The number of hydrogen-bond acceptors (Lipinski definition) is 3. The molecule has 30 heavy (non-hydrogen) atoms. The first-order chi connectivity index (χ1) is 14.7. The summed E-state index contributed by atoms with van der Waals surface area (Å²) in [4.78, 5) is 0. The van der Waals surface area contributed by atoms with E-state index in [-0.39, 0.29) is 5.79 Å². The van der Waals surface area contributed by atoms with Gasteiger partial charge in [0.25, 0.3) is 0 Å². The molecule has 0 aliphatic rings. The lowest BCUT2D eigenvalue weighted by molar-refractivity contribution is -0.242. The van der Waals surface area contributed by atoms with Crippen LogP contribution in [0.5, 0.6) is 0 Å². The van der Waals surface area contributed by atoms with Crippen molar-refractivity contribution in [1.82, 2.24) is 0 Å². The molecule has 0 aliphatic heterocycles. The summed E-state index contributed by atoms with van der Waals surface area (Å²) < 4.78 is 12.4. The molecule has 2 N–H and O–H groups in total. The zero-order valence-electron chi connectivity index (χ0n) is 21.3. The molecule has 0 aromatic carbocycles. The zero-order chi connectivity index (χ0) is 22.3. The van der Waals surface area contributed by atoms with E-state index in [4.69, 9.17) is 15.2 Å². The molecular weight excluding hydrogens is 370 g/mol. The smallest absolute Gasteiger partial charge is 0.168 e. The van der Waals surface area contributed by atoms with Crippen molar-refractivity contribution < 1.29 is 9.47 Å². The van der Waals surface area contributed by atoms with Crippen molar-refractivity contribution in [3.63, 3.8) is 0 Å². The summed E-state index contributed by atoms with van der Waals surface area (Å²) in [5, 5.41) is 0. The second-order valence-electron chi connectivity index (χ2n) is 9.19. The van der Waals surface area contributed by atoms with Crippen molar-refractivity contribution in [2.45, 2.75) is 149 Å². The molecule has 0 saturated carbocycles. The Bertz CT molecular complexity index is 329. The summed E-state index contributed by atoms with van der Waals surface area (Å²) in [5.74, 6) is 0.556. The van der Waals surface area contributed by atoms with Gasteiger partial charge in [-0.2, -0.15) is 0 Å². The number of ether oxygens (including phenoxy) is 2. The summed E-state index contributed by atoms with van der Waals surface area (Å²) in [5.41, 5.74) is 5.70. The molecule has 0 fully saturated rings. The van der Waals surface area contributed by atoms with Gasteiger partial charge < -0.3 is 15.2 Å². The van der Waals surface area contributed by atoms with E-state index in [0.29, 0.717) is 0 Å². The number of rotatable bonds is 24. The molecule has 0 rings (SSSR count). The standard InChI is InChI=1S/C27H57NO2/c1-5-9-10-11-12-14-17-23-27(29-7-3,30-8-4)24-18-15-13-16-21-26(20-6-2)22-19-25-28/h26H,5-25,28H2,1-4H3. The predicted octanol–water partition coefficient (Wildman–Crippen LogP) is 8.39. The SMILES string of the molecule is CCCCCCCCCC(CCCCCCC(CCC)CCCN)(OCC)OCC. The van der Waals surface area contributed by atoms with Crippen LogP contribution >= 0.6 is 0 Å². The first kappa shape index (κ1) is 29.9.